The maximum Gasteiger partial charge on any atom is 0.271 e. The van der Waals surface area contributed by atoms with Crippen LogP contribution in [0.1, 0.15) is 31.8 Å². The summed E-state index contributed by atoms with van der Waals surface area (Å²) in [4.78, 5) is 24.7. The zero-order valence-electron chi connectivity index (χ0n) is 16.2. The van der Waals surface area contributed by atoms with E-state index in [0.29, 0.717) is 28.3 Å². The van der Waals surface area contributed by atoms with Crippen LogP contribution in [0.2, 0.25) is 0 Å². The first-order chi connectivity index (χ1) is 14.6. The highest BCUT2D eigenvalue weighted by atomic mass is 16.7. The molecule has 0 unspecified atom stereocenters. The molecule has 0 bridgehead atoms. The van der Waals surface area contributed by atoms with Crippen molar-refractivity contribution < 1.29 is 19.1 Å². The van der Waals surface area contributed by atoms with Gasteiger partial charge in [-0.15, -0.1) is 0 Å². The molecule has 0 saturated heterocycles. The number of benzene rings is 3. The molecule has 150 valence electrons. The normalized spacial score (nSPS) is 12.0. The number of aryl methyl sites for hydroxylation is 1. The van der Waals surface area contributed by atoms with Gasteiger partial charge in [0.15, 0.2) is 11.5 Å². The fourth-order valence-corrected chi connectivity index (χ4v) is 2.87. The third-order valence-electron chi connectivity index (χ3n) is 4.47. The van der Waals surface area contributed by atoms with Crippen LogP contribution < -0.4 is 20.2 Å². The van der Waals surface area contributed by atoms with Crippen molar-refractivity contribution in [3.63, 3.8) is 0 Å². The molecule has 30 heavy (non-hydrogen) atoms. The molecule has 1 aliphatic rings. The summed E-state index contributed by atoms with van der Waals surface area (Å²) in [5.41, 5.74) is 5.76. The molecule has 1 aliphatic heterocycles. The Morgan fingerprint density at radius 2 is 1.70 bits per heavy atom. The number of hydrazone groups is 1. The van der Waals surface area contributed by atoms with Crippen LogP contribution >= 0.6 is 0 Å². The van der Waals surface area contributed by atoms with Gasteiger partial charge in [0, 0.05) is 16.8 Å². The van der Waals surface area contributed by atoms with Crippen LogP contribution in [0.4, 0.5) is 5.69 Å². The van der Waals surface area contributed by atoms with E-state index in [9.17, 15) is 9.59 Å². The minimum atomic E-state index is -0.390. The number of hydrogen-bond donors (Lipinski definition) is 2. The van der Waals surface area contributed by atoms with Crippen molar-refractivity contribution in [2.24, 2.45) is 5.10 Å². The van der Waals surface area contributed by atoms with E-state index < -0.39 is 5.91 Å². The predicted molar refractivity (Wildman–Crippen MR) is 113 cm³/mol. The van der Waals surface area contributed by atoms with Crippen LogP contribution in [0.15, 0.2) is 71.8 Å². The lowest BCUT2D eigenvalue weighted by Gasteiger charge is -2.07. The smallest absolute Gasteiger partial charge is 0.271 e. The molecule has 7 heteroatoms. The van der Waals surface area contributed by atoms with Gasteiger partial charge in [-0.05, 0) is 61.0 Å². The topological polar surface area (TPSA) is 89.0 Å². The second kappa shape index (κ2) is 8.48. The standard InChI is InChI=1S/C23H19N3O4/c1-15-5-8-17(9-6-15)22(27)25-19-4-2-3-18(12-19)23(28)26-24-13-16-7-10-20-21(11-16)30-14-29-20/h2-13H,14H2,1H3,(H,25,27)(H,26,28). The van der Waals surface area contributed by atoms with E-state index in [1.165, 1.54) is 6.21 Å². The van der Waals surface area contributed by atoms with E-state index in [1.807, 2.05) is 25.1 Å². The molecule has 0 fully saturated rings. The second-order valence-corrected chi connectivity index (χ2v) is 6.71. The Kier molecular flexibility index (Phi) is 5.43. The van der Waals surface area contributed by atoms with Crippen molar-refractivity contribution in [1.82, 2.24) is 5.43 Å². The van der Waals surface area contributed by atoms with Gasteiger partial charge < -0.3 is 14.8 Å². The highest BCUT2D eigenvalue weighted by Gasteiger charge is 2.13. The summed E-state index contributed by atoms with van der Waals surface area (Å²) < 4.78 is 10.6. The summed E-state index contributed by atoms with van der Waals surface area (Å²) in [6.45, 7) is 2.16. The minimum Gasteiger partial charge on any atom is -0.454 e. The van der Waals surface area contributed by atoms with E-state index in [-0.39, 0.29) is 12.7 Å². The van der Waals surface area contributed by atoms with E-state index in [2.05, 4.69) is 15.8 Å². The summed E-state index contributed by atoms with van der Waals surface area (Å²) >= 11 is 0. The fraction of sp³-hybridized carbons (Fsp3) is 0.0870. The Bertz CT molecular complexity index is 1120. The summed E-state index contributed by atoms with van der Waals surface area (Å²) in [5, 5.41) is 6.78. The van der Waals surface area contributed by atoms with E-state index in [0.717, 1.165) is 11.1 Å². The molecule has 0 aliphatic carbocycles. The second-order valence-electron chi connectivity index (χ2n) is 6.71. The molecule has 0 saturated carbocycles. The predicted octanol–water partition coefficient (Wildman–Crippen LogP) is 3.74. The third kappa shape index (κ3) is 4.47. The quantitative estimate of drug-likeness (QED) is 0.504. The lowest BCUT2D eigenvalue weighted by molar-refractivity contribution is 0.0953. The molecule has 7 nitrogen and oxygen atoms in total. The van der Waals surface area contributed by atoms with Crippen LogP contribution in [-0.2, 0) is 0 Å². The molecule has 0 radical (unpaired) electrons. The molecule has 3 aromatic rings. The summed E-state index contributed by atoms with van der Waals surface area (Å²) in [5.74, 6) is 0.690. The Hall–Kier alpha value is -4.13. The minimum absolute atomic E-state index is 0.198. The number of amides is 2. The number of ether oxygens (including phenoxy) is 2. The molecular weight excluding hydrogens is 382 g/mol. The first kappa shape index (κ1) is 19.2. The van der Waals surface area contributed by atoms with Gasteiger partial charge in [0.05, 0.1) is 6.21 Å². The average Bonchev–Trinajstić information content (AvgIpc) is 3.22. The lowest BCUT2D eigenvalue weighted by atomic mass is 10.1. The molecule has 0 aromatic heterocycles. The fourth-order valence-electron chi connectivity index (χ4n) is 2.87. The Morgan fingerprint density at radius 3 is 2.53 bits per heavy atom. The summed E-state index contributed by atoms with van der Waals surface area (Å²) in [6.07, 6.45) is 1.52. The number of anilines is 1. The van der Waals surface area contributed by atoms with Crippen molar-refractivity contribution in [2.45, 2.75) is 6.92 Å². The van der Waals surface area contributed by atoms with Gasteiger partial charge in [-0.1, -0.05) is 23.8 Å². The van der Waals surface area contributed by atoms with Gasteiger partial charge in [-0.2, -0.15) is 5.10 Å². The maximum atomic E-state index is 12.4. The zero-order valence-corrected chi connectivity index (χ0v) is 16.2. The molecule has 2 N–H and O–H groups in total. The maximum absolute atomic E-state index is 12.4. The van der Waals surface area contributed by atoms with Gasteiger partial charge in [0.2, 0.25) is 6.79 Å². The first-order valence-corrected chi connectivity index (χ1v) is 9.30. The zero-order chi connectivity index (χ0) is 20.9. The highest BCUT2D eigenvalue weighted by molar-refractivity contribution is 6.05. The number of carbonyl (C=O) groups is 2. The van der Waals surface area contributed by atoms with Gasteiger partial charge in [0.1, 0.15) is 0 Å². The number of rotatable bonds is 5. The van der Waals surface area contributed by atoms with Crippen molar-refractivity contribution >= 4 is 23.7 Å². The Labute approximate surface area is 173 Å². The first-order valence-electron chi connectivity index (χ1n) is 9.30. The SMILES string of the molecule is Cc1ccc(C(=O)Nc2cccc(C(=O)NN=Cc3ccc4c(c3)OCO4)c2)cc1. The largest absolute Gasteiger partial charge is 0.454 e. The molecule has 2 amide bonds. The van der Waals surface area contributed by atoms with Crippen molar-refractivity contribution in [3.05, 3.63) is 89.0 Å². The van der Waals surface area contributed by atoms with Crippen molar-refractivity contribution in [3.8, 4) is 11.5 Å². The number of nitrogens with one attached hydrogen (secondary N) is 2. The lowest BCUT2D eigenvalue weighted by Crippen LogP contribution is -2.18. The van der Waals surface area contributed by atoms with Crippen LogP contribution in [0.25, 0.3) is 0 Å². The highest BCUT2D eigenvalue weighted by Crippen LogP contribution is 2.31. The molecule has 4 rings (SSSR count). The number of fused-ring (bicyclic) bond motifs is 1. The van der Waals surface area contributed by atoms with Gasteiger partial charge in [0.25, 0.3) is 11.8 Å². The Morgan fingerprint density at radius 1 is 0.900 bits per heavy atom. The van der Waals surface area contributed by atoms with E-state index in [1.54, 1.807) is 48.5 Å². The number of carbonyl (C=O) groups excluding carboxylic acids is 2. The number of nitrogens with zero attached hydrogens (tertiary/aromatic N) is 1. The molecule has 0 atom stereocenters. The average molecular weight is 401 g/mol. The van der Waals surface area contributed by atoms with Crippen LogP contribution in [0.5, 0.6) is 11.5 Å². The van der Waals surface area contributed by atoms with Crippen molar-refractivity contribution in [2.75, 3.05) is 12.1 Å². The monoisotopic (exact) mass is 401 g/mol. The Balaban J connectivity index is 1.38. The van der Waals surface area contributed by atoms with Crippen LogP contribution in [0, 0.1) is 6.92 Å². The van der Waals surface area contributed by atoms with E-state index >= 15 is 0 Å². The van der Waals surface area contributed by atoms with Gasteiger partial charge >= 0.3 is 0 Å². The third-order valence-corrected chi connectivity index (χ3v) is 4.47. The number of hydrogen-bond acceptors (Lipinski definition) is 5. The summed E-state index contributed by atoms with van der Waals surface area (Å²) in [6, 6.07) is 19.3. The molecule has 1 heterocycles. The van der Waals surface area contributed by atoms with Crippen LogP contribution in [0.3, 0.4) is 0 Å². The van der Waals surface area contributed by atoms with E-state index in [4.69, 9.17) is 9.47 Å². The molecular formula is C23H19N3O4. The summed E-state index contributed by atoms with van der Waals surface area (Å²) in [7, 11) is 0. The van der Waals surface area contributed by atoms with Gasteiger partial charge in [-0.25, -0.2) is 5.43 Å². The molecule has 0 spiro atoms. The van der Waals surface area contributed by atoms with Crippen LogP contribution in [-0.4, -0.2) is 24.8 Å². The van der Waals surface area contributed by atoms with Gasteiger partial charge in [-0.3, -0.25) is 9.59 Å². The molecule has 3 aromatic carbocycles. The van der Waals surface area contributed by atoms with Crippen molar-refractivity contribution in [1.29, 1.82) is 0 Å².